The molecule has 0 saturated carbocycles. The number of carbonyl (C=O) groups excluding carboxylic acids is 1. The van der Waals surface area contributed by atoms with Gasteiger partial charge >= 0.3 is 0 Å². The summed E-state index contributed by atoms with van der Waals surface area (Å²) in [4.78, 5) is 20.3. The summed E-state index contributed by atoms with van der Waals surface area (Å²) in [6.45, 7) is 6.13. The smallest absolute Gasteiger partial charge is 0.259 e. The number of hydrogen-bond donors (Lipinski definition) is 1. The number of carbonyl (C=O) groups is 1. The second-order valence-electron chi connectivity index (χ2n) is 4.33. The molecule has 0 radical (unpaired) electrons. The fourth-order valence-electron chi connectivity index (χ4n) is 1.92. The second-order valence-corrected chi connectivity index (χ2v) is 4.33. The Morgan fingerprint density at radius 1 is 1.15 bits per heavy atom. The zero-order valence-electron chi connectivity index (χ0n) is 11.8. The monoisotopic (exact) mass is 271 g/mol. The van der Waals surface area contributed by atoms with E-state index in [9.17, 15) is 4.79 Å². The van der Waals surface area contributed by atoms with Gasteiger partial charge in [0, 0.05) is 5.69 Å². The minimum Gasteiger partial charge on any atom is -0.494 e. The first-order valence-electron chi connectivity index (χ1n) is 6.44. The van der Waals surface area contributed by atoms with Gasteiger partial charge in [-0.25, -0.2) is 9.97 Å². The van der Waals surface area contributed by atoms with Gasteiger partial charge in [-0.15, -0.1) is 0 Å². The van der Waals surface area contributed by atoms with Crippen LogP contribution in [-0.4, -0.2) is 22.5 Å². The molecule has 1 aromatic carbocycles. The summed E-state index contributed by atoms with van der Waals surface area (Å²) < 4.78 is 5.36. The van der Waals surface area contributed by atoms with Crippen molar-refractivity contribution in [3.63, 3.8) is 0 Å². The summed E-state index contributed by atoms with van der Waals surface area (Å²) in [5.41, 5.74) is 2.56. The standard InChI is InChI=1S/C15H17N3O2/c1-4-20-13-7-5-12(6-8-13)18-15(19)14-10(2)16-9-17-11(14)3/h5-9H,4H2,1-3H3,(H,18,19). The SMILES string of the molecule is CCOc1ccc(NC(=O)c2c(C)ncnc2C)cc1. The van der Waals surface area contributed by atoms with E-state index in [4.69, 9.17) is 4.74 Å². The third-order valence-electron chi connectivity index (χ3n) is 2.88. The summed E-state index contributed by atoms with van der Waals surface area (Å²) in [7, 11) is 0. The van der Waals surface area contributed by atoms with Crippen molar-refractivity contribution in [1.29, 1.82) is 0 Å². The van der Waals surface area contributed by atoms with Gasteiger partial charge in [0.15, 0.2) is 0 Å². The number of amides is 1. The highest BCUT2D eigenvalue weighted by Crippen LogP contribution is 2.17. The number of hydrogen-bond acceptors (Lipinski definition) is 4. The molecule has 0 saturated heterocycles. The summed E-state index contributed by atoms with van der Waals surface area (Å²) in [5, 5.41) is 2.83. The molecule has 1 amide bonds. The van der Waals surface area contributed by atoms with Crippen molar-refractivity contribution in [3.05, 3.63) is 47.5 Å². The fraction of sp³-hybridized carbons (Fsp3) is 0.267. The zero-order chi connectivity index (χ0) is 14.5. The number of aromatic nitrogens is 2. The summed E-state index contributed by atoms with van der Waals surface area (Å²) in [6, 6.07) is 7.25. The molecule has 0 bridgehead atoms. The first-order chi connectivity index (χ1) is 9.61. The van der Waals surface area contributed by atoms with Crippen LogP contribution in [0.4, 0.5) is 5.69 Å². The number of anilines is 1. The molecule has 2 aromatic rings. The van der Waals surface area contributed by atoms with E-state index in [0.29, 0.717) is 29.2 Å². The molecular formula is C15H17N3O2. The predicted molar refractivity (Wildman–Crippen MR) is 77.1 cm³/mol. The highest BCUT2D eigenvalue weighted by molar-refractivity contribution is 6.05. The van der Waals surface area contributed by atoms with E-state index in [1.165, 1.54) is 6.33 Å². The summed E-state index contributed by atoms with van der Waals surface area (Å²) >= 11 is 0. The molecular weight excluding hydrogens is 254 g/mol. The Bertz CT molecular complexity index is 589. The van der Waals surface area contributed by atoms with E-state index in [2.05, 4.69) is 15.3 Å². The van der Waals surface area contributed by atoms with Crippen LogP contribution in [0.2, 0.25) is 0 Å². The van der Waals surface area contributed by atoms with Crippen LogP contribution in [0.3, 0.4) is 0 Å². The lowest BCUT2D eigenvalue weighted by atomic mass is 10.1. The first-order valence-corrected chi connectivity index (χ1v) is 6.44. The van der Waals surface area contributed by atoms with Crippen molar-refractivity contribution in [3.8, 4) is 5.75 Å². The van der Waals surface area contributed by atoms with Crippen LogP contribution >= 0.6 is 0 Å². The van der Waals surface area contributed by atoms with Crippen molar-refractivity contribution in [2.75, 3.05) is 11.9 Å². The molecule has 20 heavy (non-hydrogen) atoms. The highest BCUT2D eigenvalue weighted by Gasteiger charge is 2.14. The molecule has 0 aliphatic heterocycles. The minimum atomic E-state index is -0.204. The maximum atomic E-state index is 12.2. The van der Waals surface area contributed by atoms with Crippen LogP contribution in [0.1, 0.15) is 28.7 Å². The molecule has 0 fully saturated rings. The highest BCUT2D eigenvalue weighted by atomic mass is 16.5. The maximum Gasteiger partial charge on any atom is 0.259 e. The number of rotatable bonds is 4. The molecule has 1 aromatic heterocycles. The number of benzene rings is 1. The molecule has 0 spiro atoms. The van der Waals surface area contributed by atoms with Crippen LogP contribution < -0.4 is 10.1 Å². The quantitative estimate of drug-likeness (QED) is 0.928. The summed E-state index contributed by atoms with van der Waals surface area (Å²) in [6.07, 6.45) is 1.46. The Labute approximate surface area is 118 Å². The molecule has 104 valence electrons. The van der Waals surface area contributed by atoms with Crippen LogP contribution in [0, 0.1) is 13.8 Å². The molecule has 0 aliphatic rings. The number of aryl methyl sites for hydroxylation is 2. The molecule has 1 heterocycles. The third-order valence-corrected chi connectivity index (χ3v) is 2.88. The van der Waals surface area contributed by atoms with Crippen molar-refractivity contribution < 1.29 is 9.53 Å². The number of nitrogens with zero attached hydrogens (tertiary/aromatic N) is 2. The Hall–Kier alpha value is -2.43. The zero-order valence-corrected chi connectivity index (χ0v) is 11.8. The lowest BCUT2D eigenvalue weighted by Gasteiger charge is -2.09. The van der Waals surface area contributed by atoms with Crippen molar-refractivity contribution >= 4 is 11.6 Å². The minimum absolute atomic E-state index is 0.204. The predicted octanol–water partition coefficient (Wildman–Crippen LogP) is 2.74. The first kappa shape index (κ1) is 14.0. The average Bonchev–Trinajstić information content (AvgIpc) is 2.41. The molecule has 0 atom stereocenters. The van der Waals surface area contributed by atoms with Crippen LogP contribution in [0.25, 0.3) is 0 Å². The van der Waals surface area contributed by atoms with Crippen LogP contribution in [-0.2, 0) is 0 Å². The van der Waals surface area contributed by atoms with Gasteiger partial charge in [0.2, 0.25) is 0 Å². The van der Waals surface area contributed by atoms with Gasteiger partial charge in [0.1, 0.15) is 12.1 Å². The van der Waals surface area contributed by atoms with E-state index >= 15 is 0 Å². The van der Waals surface area contributed by atoms with Crippen LogP contribution in [0.5, 0.6) is 5.75 Å². The second kappa shape index (κ2) is 6.14. The van der Waals surface area contributed by atoms with E-state index in [1.54, 1.807) is 26.0 Å². The topological polar surface area (TPSA) is 64.1 Å². The third kappa shape index (κ3) is 3.12. The van der Waals surface area contributed by atoms with E-state index in [0.717, 1.165) is 5.75 Å². The van der Waals surface area contributed by atoms with Crippen molar-refractivity contribution in [2.24, 2.45) is 0 Å². The fourth-order valence-corrected chi connectivity index (χ4v) is 1.92. The van der Waals surface area contributed by atoms with Crippen molar-refractivity contribution in [1.82, 2.24) is 9.97 Å². The Morgan fingerprint density at radius 2 is 1.75 bits per heavy atom. The van der Waals surface area contributed by atoms with E-state index in [1.807, 2.05) is 19.1 Å². The van der Waals surface area contributed by atoms with Gasteiger partial charge in [0.25, 0.3) is 5.91 Å². The number of ether oxygens (including phenoxy) is 1. The molecule has 0 unspecified atom stereocenters. The van der Waals surface area contributed by atoms with E-state index in [-0.39, 0.29) is 5.91 Å². The Kier molecular flexibility index (Phi) is 4.30. The van der Waals surface area contributed by atoms with Crippen molar-refractivity contribution in [2.45, 2.75) is 20.8 Å². The number of nitrogens with one attached hydrogen (secondary N) is 1. The molecule has 1 N–H and O–H groups in total. The van der Waals surface area contributed by atoms with E-state index < -0.39 is 0 Å². The summed E-state index contributed by atoms with van der Waals surface area (Å²) in [5.74, 6) is 0.575. The normalized spacial score (nSPS) is 10.2. The molecule has 0 aliphatic carbocycles. The van der Waals surface area contributed by atoms with Gasteiger partial charge in [-0.3, -0.25) is 4.79 Å². The Balaban J connectivity index is 2.15. The van der Waals surface area contributed by atoms with Gasteiger partial charge in [-0.05, 0) is 45.0 Å². The van der Waals surface area contributed by atoms with Gasteiger partial charge in [0.05, 0.1) is 23.6 Å². The van der Waals surface area contributed by atoms with Crippen LogP contribution in [0.15, 0.2) is 30.6 Å². The van der Waals surface area contributed by atoms with Gasteiger partial charge in [-0.2, -0.15) is 0 Å². The lowest BCUT2D eigenvalue weighted by Crippen LogP contribution is -2.16. The van der Waals surface area contributed by atoms with Gasteiger partial charge in [-0.1, -0.05) is 0 Å². The lowest BCUT2D eigenvalue weighted by molar-refractivity contribution is 0.102. The largest absolute Gasteiger partial charge is 0.494 e. The maximum absolute atomic E-state index is 12.2. The Morgan fingerprint density at radius 3 is 2.30 bits per heavy atom. The molecule has 5 heteroatoms. The molecule has 2 rings (SSSR count). The average molecular weight is 271 g/mol. The van der Waals surface area contributed by atoms with Gasteiger partial charge < -0.3 is 10.1 Å². The molecule has 5 nitrogen and oxygen atoms in total.